The first kappa shape index (κ1) is 22.2. The molecular formula is C20H20N2O8. The number of hydrogen-bond donors (Lipinski definition) is 1. The Morgan fingerprint density at radius 3 is 2.20 bits per heavy atom. The number of amides is 1. The maximum atomic E-state index is 12.0. The first-order valence-electron chi connectivity index (χ1n) is 8.56. The van der Waals surface area contributed by atoms with E-state index in [9.17, 15) is 19.7 Å². The molecule has 0 heterocycles. The molecule has 2 aromatic rings. The Morgan fingerprint density at radius 1 is 1.00 bits per heavy atom. The fourth-order valence-corrected chi connectivity index (χ4v) is 2.36. The van der Waals surface area contributed by atoms with Gasteiger partial charge in [0.2, 0.25) is 0 Å². The van der Waals surface area contributed by atoms with Gasteiger partial charge >= 0.3 is 5.97 Å². The van der Waals surface area contributed by atoms with Gasteiger partial charge in [-0.25, -0.2) is 4.79 Å². The van der Waals surface area contributed by atoms with Crippen molar-refractivity contribution >= 4 is 29.3 Å². The third-order valence-electron chi connectivity index (χ3n) is 3.81. The molecule has 0 radical (unpaired) electrons. The summed E-state index contributed by atoms with van der Waals surface area (Å²) < 4.78 is 20.1. The first-order valence-corrected chi connectivity index (χ1v) is 8.56. The highest BCUT2D eigenvalue weighted by molar-refractivity contribution is 5.96. The van der Waals surface area contributed by atoms with Crippen LogP contribution >= 0.6 is 0 Å². The topological polar surface area (TPSA) is 126 Å². The van der Waals surface area contributed by atoms with Gasteiger partial charge < -0.3 is 24.3 Å². The minimum absolute atomic E-state index is 0.0409. The molecular weight excluding hydrogens is 396 g/mol. The highest BCUT2D eigenvalue weighted by Gasteiger charge is 2.17. The number of nitrogens with one attached hydrogen (secondary N) is 1. The minimum atomic E-state index is -0.767. The zero-order valence-corrected chi connectivity index (χ0v) is 16.5. The molecule has 0 saturated carbocycles. The van der Waals surface area contributed by atoms with E-state index in [4.69, 9.17) is 18.9 Å². The summed E-state index contributed by atoms with van der Waals surface area (Å²) >= 11 is 0. The molecule has 158 valence electrons. The standard InChI is InChI=1S/C20H20N2O8/c1-27-14-5-6-17(18(11-14)22(25)26)21-19(23)12-30-20(24)7-4-13-8-15(28-2)10-16(9-13)29-3/h4-11H,12H2,1-3H3,(H,21,23)/b7-4+. The number of esters is 1. The van der Waals surface area contributed by atoms with Crippen molar-refractivity contribution in [2.75, 3.05) is 33.3 Å². The second-order valence-corrected chi connectivity index (χ2v) is 5.78. The van der Waals surface area contributed by atoms with Crippen LogP contribution in [0.2, 0.25) is 0 Å². The lowest BCUT2D eigenvalue weighted by atomic mass is 10.2. The summed E-state index contributed by atoms with van der Waals surface area (Å²) in [4.78, 5) is 34.3. The van der Waals surface area contributed by atoms with Gasteiger partial charge in [0.05, 0.1) is 32.3 Å². The zero-order chi connectivity index (χ0) is 22.1. The number of carbonyl (C=O) groups excluding carboxylic acids is 2. The van der Waals surface area contributed by atoms with Crippen LogP contribution in [0.25, 0.3) is 6.08 Å². The van der Waals surface area contributed by atoms with Crippen LogP contribution in [0.5, 0.6) is 17.2 Å². The summed E-state index contributed by atoms with van der Waals surface area (Å²) in [6, 6.07) is 9.00. The van der Waals surface area contributed by atoms with Gasteiger partial charge in [0.15, 0.2) is 6.61 Å². The van der Waals surface area contributed by atoms with E-state index < -0.39 is 23.4 Å². The Hall–Kier alpha value is -4.08. The van der Waals surface area contributed by atoms with Crippen LogP contribution in [-0.2, 0) is 14.3 Å². The van der Waals surface area contributed by atoms with E-state index in [1.165, 1.54) is 45.6 Å². The average Bonchev–Trinajstić information content (AvgIpc) is 2.75. The van der Waals surface area contributed by atoms with Crippen LogP contribution in [0, 0.1) is 10.1 Å². The third kappa shape index (κ3) is 6.23. The number of nitro benzene ring substituents is 1. The Kier molecular flexibility index (Phi) is 7.74. The lowest BCUT2D eigenvalue weighted by Gasteiger charge is -2.08. The molecule has 30 heavy (non-hydrogen) atoms. The first-order chi connectivity index (χ1) is 14.4. The molecule has 0 aliphatic carbocycles. The van der Waals surface area contributed by atoms with Crippen molar-refractivity contribution in [3.05, 3.63) is 58.2 Å². The molecule has 2 rings (SSSR count). The fourth-order valence-electron chi connectivity index (χ4n) is 2.36. The molecule has 0 aliphatic rings. The number of benzene rings is 2. The third-order valence-corrected chi connectivity index (χ3v) is 3.81. The summed E-state index contributed by atoms with van der Waals surface area (Å²) in [5.74, 6) is -0.139. The normalized spacial score (nSPS) is 10.4. The van der Waals surface area contributed by atoms with Crippen LogP contribution in [0.1, 0.15) is 5.56 Å². The van der Waals surface area contributed by atoms with Crippen LogP contribution in [0.15, 0.2) is 42.5 Å². The SMILES string of the molecule is COc1cc(/C=C/C(=O)OCC(=O)Nc2ccc(OC)cc2[N+](=O)[O-])cc(OC)c1. The number of anilines is 1. The molecule has 0 bridgehead atoms. The Morgan fingerprint density at radius 2 is 1.63 bits per heavy atom. The number of methoxy groups -OCH3 is 3. The smallest absolute Gasteiger partial charge is 0.331 e. The van der Waals surface area contributed by atoms with Gasteiger partial charge in [-0.2, -0.15) is 0 Å². The van der Waals surface area contributed by atoms with Crippen molar-refractivity contribution in [3.63, 3.8) is 0 Å². The molecule has 0 aliphatic heterocycles. The second-order valence-electron chi connectivity index (χ2n) is 5.78. The molecule has 0 fully saturated rings. The van der Waals surface area contributed by atoms with E-state index in [-0.39, 0.29) is 17.1 Å². The van der Waals surface area contributed by atoms with Crippen molar-refractivity contribution in [1.82, 2.24) is 0 Å². The molecule has 10 nitrogen and oxygen atoms in total. The van der Waals surface area contributed by atoms with Crippen molar-refractivity contribution < 1.29 is 33.5 Å². The van der Waals surface area contributed by atoms with E-state index in [1.807, 2.05) is 0 Å². The maximum Gasteiger partial charge on any atom is 0.331 e. The minimum Gasteiger partial charge on any atom is -0.497 e. The van der Waals surface area contributed by atoms with E-state index in [1.54, 1.807) is 18.2 Å². The van der Waals surface area contributed by atoms with Gasteiger partial charge in [-0.1, -0.05) is 0 Å². The van der Waals surface area contributed by atoms with E-state index in [0.29, 0.717) is 17.1 Å². The summed E-state index contributed by atoms with van der Waals surface area (Å²) in [6.07, 6.45) is 2.61. The Bertz CT molecular complexity index is 949. The van der Waals surface area contributed by atoms with Crippen LogP contribution in [-0.4, -0.2) is 44.7 Å². The summed E-state index contributed by atoms with van der Waals surface area (Å²) in [6.45, 7) is -0.617. The predicted molar refractivity (Wildman–Crippen MR) is 108 cm³/mol. The molecule has 0 unspecified atom stereocenters. The summed E-state index contributed by atoms with van der Waals surface area (Å²) in [7, 11) is 4.37. The van der Waals surface area contributed by atoms with Gasteiger partial charge in [-0.15, -0.1) is 0 Å². The largest absolute Gasteiger partial charge is 0.497 e. The second kappa shape index (κ2) is 10.5. The number of nitrogens with zero attached hydrogens (tertiary/aromatic N) is 1. The van der Waals surface area contributed by atoms with Crippen LogP contribution in [0.4, 0.5) is 11.4 Å². The van der Waals surface area contributed by atoms with E-state index in [0.717, 1.165) is 6.08 Å². The molecule has 0 atom stereocenters. The zero-order valence-electron chi connectivity index (χ0n) is 16.5. The number of ether oxygens (including phenoxy) is 4. The van der Waals surface area contributed by atoms with Crippen LogP contribution < -0.4 is 19.5 Å². The average molecular weight is 416 g/mol. The lowest BCUT2D eigenvalue weighted by Crippen LogP contribution is -2.20. The van der Waals surface area contributed by atoms with Gasteiger partial charge in [0, 0.05) is 12.1 Å². The van der Waals surface area contributed by atoms with E-state index in [2.05, 4.69) is 5.32 Å². The van der Waals surface area contributed by atoms with Crippen molar-refractivity contribution in [2.45, 2.75) is 0 Å². The molecule has 10 heteroatoms. The van der Waals surface area contributed by atoms with Gasteiger partial charge in [-0.05, 0) is 35.9 Å². The Labute approximate surface area is 172 Å². The Balaban J connectivity index is 1.96. The molecule has 2 aromatic carbocycles. The quantitative estimate of drug-likeness (QED) is 0.286. The summed E-state index contributed by atoms with van der Waals surface area (Å²) in [5, 5.41) is 13.5. The highest BCUT2D eigenvalue weighted by atomic mass is 16.6. The number of carbonyl (C=O) groups is 2. The highest BCUT2D eigenvalue weighted by Crippen LogP contribution is 2.29. The van der Waals surface area contributed by atoms with Crippen molar-refractivity contribution in [1.29, 1.82) is 0 Å². The van der Waals surface area contributed by atoms with Gasteiger partial charge in [-0.3, -0.25) is 14.9 Å². The maximum absolute atomic E-state index is 12.0. The lowest BCUT2D eigenvalue weighted by molar-refractivity contribution is -0.384. The van der Waals surface area contributed by atoms with Crippen molar-refractivity contribution in [3.8, 4) is 17.2 Å². The fraction of sp³-hybridized carbons (Fsp3) is 0.200. The van der Waals surface area contributed by atoms with Crippen LogP contribution in [0.3, 0.4) is 0 Å². The monoisotopic (exact) mass is 416 g/mol. The van der Waals surface area contributed by atoms with Crippen molar-refractivity contribution in [2.24, 2.45) is 0 Å². The molecule has 1 N–H and O–H groups in total. The summed E-state index contributed by atoms with van der Waals surface area (Å²) in [5.41, 5.74) is 0.239. The van der Waals surface area contributed by atoms with Gasteiger partial charge in [0.1, 0.15) is 22.9 Å². The number of rotatable bonds is 9. The van der Waals surface area contributed by atoms with Gasteiger partial charge in [0.25, 0.3) is 11.6 Å². The predicted octanol–water partition coefficient (Wildman–Crippen LogP) is 2.82. The molecule has 0 saturated heterocycles. The number of nitro groups is 1. The molecule has 0 spiro atoms. The number of hydrogen-bond acceptors (Lipinski definition) is 8. The molecule has 1 amide bonds. The van der Waals surface area contributed by atoms with E-state index >= 15 is 0 Å². The molecule has 0 aromatic heterocycles.